The summed E-state index contributed by atoms with van der Waals surface area (Å²) >= 11 is 1.84. The van der Waals surface area contributed by atoms with Crippen molar-refractivity contribution in [1.29, 1.82) is 0 Å². The maximum absolute atomic E-state index is 12.5. The van der Waals surface area contributed by atoms with Crippen LogP contribution in [-0.4, -0.2) is 37.7 Å². The summed E-state index contributed by atoms with van der Waals surface area (Å²) in [6, 6.07) is 5.14. The van der Waals surface area contributed by atoms with Crippen LogP contribution in [0.4, 0.5) is 8.78 Å². The predicted octanol–water partition coefficient (Wildman–Crippen LogP) is 4.41. The summed E-state index contributed by atoms with van der Waals surface area (Å²) in [7, 11) is 0. The van der Waals surface area contributed by atoms with E-state index in [9.17, 15) is 8.78 Å². The van der Waals surface area contributed by atoms with Gasteiger partial charge in [-0.1, -0.05) is 17.7 Å². The molecule has 0 unspecified atom stereocenters. The molecule has 0 atom stereocenters. The zero-order valence-electron chi connectivity index (χ0n) is 15.0. The second-order valence-electron chi connectivity index (χ2n) is 5.31. The third-order valence-electron chi connectivity index (χ3n) is 3.25. The van der Waals surface area contributed by atoms with Crippen LogP contribution in [0.15, 0.2) is 23.2 Å². The van der Waals surface area contributed by atoms with E-state index < -0.39 is 6.61 Å². The van der Waals surface area contributed by atoms with Crippen molar-refractivity contribution in [2.45, 2.75) is 39.8 Å². The molecule has 0 aliphatic heterocycles. The summed E-state index contributed by atoms with van der Waals surface area (Å²) in [5.74, 6) is 2.01. The molecule has 0 saturated heterocycles. The van der Waals surface area contributed by atoms with E-state index in [1.54, 1.807) is 12.1 Å². The molecule has 0 amide bonds. The number of benzene rings is 1. The lowest BCUT2D eigenvalue weighted by molar-refractivity contribution is -0.0504. The average molecular weight is 487 g/mol. The summed E-state index contributed by atoms with van der Waals surface area (Å²) in [6.45, 7) is 2.92. The number of halogens is 3. The third kappa shape index (κ3) is 10.7. The van der Waals surface area contributed by atoms with E-state index in [4.69, 9.17) is 0 Å². The topological polar surface area (TPSA) is 45.7 Å². The minimum atomic E-state index is -2.83. The van der Waals surface area contributed by atoms with Gasteiger partial charge in [-0.25, -0.2) is 4.99 Å². The molecule has 0 saturated carbocycles. The Morgan fingerprint density at radius 1 is 1.28 bits per heavy atom. The fourth-order valence-corrected chi connectivity index (χ4v) is 2.62. The number of thioether (sulfide) groups is 1. The van der Waals surface area contributed by atoms with Gasteiger partial charge in [-0.05, 0) is 44.8 Å². The number of unbranched alkanes of at least 4 members (excludes halogenated alkanes) is 1. The number of hydrogen-bond acceptors (Lipinski definition) is 3. The monoisotopic (exact) mass is 487 g/mol. The van der Waals surface area contributed by atoms with E-state index in [0.29, 0.717) is 11.5 Å². The quantitative estimate of drug-likeness (QED) is 0.222. The normalized spacial score (nSPS) is 11.2. The molecule has 0 fully saturated rings. The number of hydrogen-bond donors (Lipinski definition) is 2. The van der Waals surface area contributed by atoms with Gasteiger partial charge in [0.2, 0.25) is 0 Å². The molecule has 0 bridgehead atoms. The van der Waals surface area contributed by atoms with Crippen LogP contribution in [0.2, 0.25) is 0 Å². The SMILES string of the molecule is CCNC(=NCc1cc(C)ccc1OC(F)F)NCCCCSC.I. The third-order valence-corrected chi connectivity index (χ3v) is 3.95. The minimum absolute atomic E-state index is 0. The van der Waals surface area contributed by atoms with E-state index in [0.717, 1.165) is 37.2 Å². The molecule has 8 heteroatoms. The van der Waals surface area contributed by atoms with Gasteiger partial charge in [0.25, 0.3) is 0 Å². The van der Waals surface area contributed by atoms with Crippen LogP contribution in [0.5, 0.6) is 5.75 Å². The zero-order chi connectivity index (χ0) is 17.8. The zero-order valence-corrected chi connectivity index (χ0v) is 18.1. The van der Waals surface area contributed by atoms with Gasteiger partial charge in [-0.15, -0.1) is 24.0 Å². The number of alkyl halides is 2. The Bertz CT molecular complexity index is 519. The van der Waals surface area contributed by atoms with E-state index >= 15 is 0 Å². The molecule has 0 aliphatic rings. The highest BCUT2D eigenvalue weighted by atomic mass is 127. The standard InChI is InChI=1S/C17H27F2N3OS.HI/c1-4-20-17(21-9-5-6-10-24-3)22-12-14-11-13(2)7-8-15(14)23-16(18)19;/h7-8,11,16H,4-6,9-10,12H2,1-3H3,(H2,20,21,22);1H. The number of rotatable bonds is 10. The second-order valence-corrected chi connectivity index (χ2v) is 6.30. The van der Waals surface area contributed by atoms with Crippen LogP contribution >= 0.6 is 35.7 Å². The number of guanidine groups is 1. The molecule has 4 nitrogen and oxygen atoms in total. The number of aryl methyl sites for hydroxylation is 1. The van der Waals surface area contributed by atoms with Crippen molar-refractivity contribution in [1.82, 2.24) is 10.6 Å². The lowest BCUT2D eigenvalue weighted by atomic mass is 10.1. The largest absolute Gasteiger partial charge is 0.434 e. The molecule has 0 aromatic heterocycles. The summed E-state index contributed by atoms with van der Waals surface area (Å²) in [4.78, 5) is 4.47. The van der Waals surface area contributed by atoms with Crippen molar-refractivity contribution >= 4 is 41.7 Å². The fourth-order valence-electron chi connectivity index (χ4n) is 2.13. The first kappa shape index (κ1) is 24.2. The fraction of sp³-hybridized carbons (Fsp3) is 0.588. The molecule has 0 heterocycles. The number of nitrogens with one attached hydrogen (secondary N) is 2. The van der Waals surface area contributed by atoms with Crippen molar-refractivity contribution in [3.05, 3.63) is 29.3 Å². The molecule has 25 heavy (non-hydrogen) atoms. The van der Waals surface area contributed by atoms with Crippen LogP contribution in [0.25, 0.3) is 0 Å². The number of aliphatic imine (C=N–C) groups is 1. The van der Waals surface area contributed by atoms with E-state index in [1.807, 2.05) is 31.7 Å². The Morgan fingerprint density at radius 3 is 2.68 bits per heavy atom. The van der Waals surface area contributed by atoms with Crippen molar-refractivity contribution in [2.24, 2.45) is 4.99 Å². The molecular formula is C17H28F2IN3OS. The van der Waals surface area contributed by atoms with Crippen molar-refractivity contribution in [2.75, 3.05) is 25.1 Å². The first-order chi connectivity index (χ1) is 11.6. The minimum Gasteiger partial charge on any atom is -0.434 e. The van der Waals surface area contributed by atoms with Gasteiger partial charge in [0.15, 0.2) is 5.96 Å². The summed E-state index contributed by atoms with van der Waals surface area (Å²) in [5.41, 5.74) is 1.63. The van der Waals surface area contributed by atoms with Gasteiger partial charge in [0.1, 0.15) is 5.75 Å². The highest BCUT2D eigenvalue weighted by Gasteiger charge is 2.10. The first-order valence-corrected chi connectivity index (χ1v) is 9.51. The lowest BCUT2D eigenvalue weighted by Gasteiger charge is -2.13. The average Bonchev–Trinajstić information content (AvgIpc) is 2.54. The van der Waals surface area contributed by atoms with Crippen molar-refractivity contribution in [3.8, 4) is 5.75 Å². The molecule has 2 N–H and O–H groups in total. The molecule has 0 spiro atoms. The number of ether oxygens (including phenoxy) is 1. The van der Waals surface area contributed by atoms with Crippen LogP contribution in [-0.2, 0) is 6.54 Å². The number of nitrogens with zero attached hydrogens (tertiary/aromatic N) is 1. The van der Waals surface area contributed by atoms with Gasteiger partial charge < -0.3 is 15.4 Å². The Labute approximate surface area is 170 Å². The summed E-state index contributed by atoms with van der Waals surface area (Å²) in [5, 5.41) is 6.43. The maximum Gasteiger partial charge on any atom is 0.387 e. The molecule has 144 valence electrons. The Hall–Kier alpha value is -0.770. The van der Waals surface area contributed by atoms with Crippen molar-refractivity contribution < 1.29 is 13.5 Å². The van der Waals surface area contributed by atoms with Crippen LogP contribution in [0.3, 0.4) is 0 Å². The molecule has 1 aromatic rings. The molecular weight excluding hydrogens is 459 g/mol. The van der Waals surface area contributed by atoms with E-state index in [2.05, 4.69) is 26.6 Å². The van der Waals surface area contributed by atoms with Gasteiger partial charge in [0, 0.05) is 18.7 Å². The Morgan fingerprint density at radius 2 is 2.04 bits per heavy atom. The molecule has 0 radical (unpaired) electrons. The van der Waals surface area contributed by atoms with Gasteiger partial charge in [0.05, 0.1) is 6.54 Å². The molecule has 0 aliphatic carbocycles. The first-order valence-electron chi connectivity index (χ1n) is 8.12. The molecule has 1 rings (SSSR count). The van der Waals surface area contributed by atoms with Crippen LogP contribution in [0.1, 0.15) is 30.9 Å². The van der Waals surface area contributed by atoms with Gasteiger partial charge in [-0.2, -0.15) is 20.5 Å². The van der Waals surface area contributed by atoms with E-state index in [1.165, 1.54) is 0 Å². The Balaban J connectivity index is 0.00000576. The molecule has 1 aromatic carbocycles. The highest BCUT2D eigenvalue weighted by Crippen LogP contribution is 2.22. The predicted molar refractivity (Wildman–Crippen MR) is 114 cm³/mol. The maximum atomic E-state index is 12.5. The van der Waals surface area contributed by atoms with Gasteiger partial charge in [-0.3, -0.25) is 0 Å². The van der Waals surface area contributed by atoms with Crippen molar-refractivity contribution in [3.63, 3.8) is 0 Å². The smallest absolute Gasteiger partial charge is 0.387 e. The second kappa shape index (κ2) is 14.4. The summed E-state index contributed by atoms with van der Waals surface area (Å²) < 4.78 is 29.6. The lowest BCUT2D eigenvalue weighted by Crippen LogP contribution is -2.37. The van der Waals surface area contributed by atoms with Crippen LogP contribution < -0.4 is 15.4 Å². The highest BCUT2D eigenvalue weighted by molar-refractivity contribution is 14.0. The van der Waals surface area contributed by atoms with Gasteiger partial charge >= 0.3 is 6.61 Å². The summed E-state index contributed by atoms with van der Waals surface area (Å²) in [6.07, 6.45) is 4.31. The van der Waals surface area contributed by atoms with E-state index in [-0.39, 0.29) is 36.3 Å². The Kier molecular flexibility index (Phi) is 14.0. The van der Waals surface area contributed by atoms with Crippen LogP contribution in [0, 0.1) is 6.92 Å².